The second kappa shape index (κ2) is 5.19. The van der Waals surface area contributed by atoms with Gasteiger partial charge in [0.25, 0.3) is 0 Å². The van der Waals surface area contributed by atoms with E-state index >= 15 is 0 Å². The van der Waals surface area contributed by atoms with Gasteiger partial charge in [-0.15, -0.1) is 0 Å². The van der Waals surface area contributed by atoms with E-state index in [1.165, 1.54) is 31.3 Å². The zero-order valence-corrected chi connectivity index (χ0v) is 14.1. The van der Waals surface area contributed by atoms with Gasteiger partial charge < -0.3 is 5.11 Å². The van der Waals surface area contributed by atoms with Gasteiger partial charge in [-0.25, -0.2) is 0 Å². The average Bonchev–Trinajstić information content (AvgIpc) is 2.78. The first kappa shape index (κ1) is 14.9. The zero-order valence-electron chi connectivity index (χ0n) is 14.1. The fraction of sp³-hybridized carbons (Fsp3) is 0.850. The molecule has 0 radical (unpaired) electrons. The highest BCUT2D eigenvalue weighted by Gasteiger charge is 2.58. The van der Waals surface area contributed by atoms with Crippen LogP contribution < -0.4 is 0 Å². The Kier molecular flexibility index (Phi) is 3.52. The van der Waals surface area contributed by atoms with Gasteiger partial charge in [0.05, 0.1) is 6.10 Å². The maximum Gasteiger partial charge on any atom is 0.155 e. The molecule has 4 aliphatic carbocycles. The first-order chi connectivity index (χ1) is 10.5. The third kappa shape index (κ3) is 1.99. The van der Waals surface area contributed by atoms with Crippen molar-refractivity contribution in [3.8, 4) is 0 Å². The largest absolute Gasteiger partial charge is 0.392 e. The number of aliphatic hydroxyl groups excluding tert-OH is 1. The normalized spacial score (nSPS) is 50.9. The van der Waals surface area contributed by atoms with Crippen LogP contribution in [0.2, 0.25) is 0 Å². The highest BCUT2D eigenvalue weighted by Crippen LogP contribution is 2.63. The van der Waals surface area contributed by atoms with E-state index in [9.17, 15) is 9.90 Å². The summed E-state index contributed by atoms with van der Waals surface area (Å²) < 4.78 is 0. The molecular formula is C20H30O2. The number of hydrogen-bond acceptors (Lipinski definition) is 2. The maximum absolute atomic E-state index is 11.7. The van der Waals surface area contributed by atoms with E-state index in [1.807, 2.05) is 6.08 Å². The lowest BCUT2D eigenvalue weighted by Gasteiger charge is -2.53. The fourth-order valence-electron chi connectivity index (χ4n) is 6.72. The number of carbonyl (C=O) groups excluding carboxylic acids is 1. The summed E-state index contributed by atoms with van der Waals surface area (Å²) in [4.78, 5) is 11.7. The summed E-state index contributed by atoms with van der Waals surface area (Å²) in [5.74, 6) is 3.84. The quantitative estimate of drug-likeness (QED) is 0.791. The summed E-state index contributed by atoms with van der Waals surface area (Å²) in [5.41, 5.74) is 1.62. The van der Waals surface area contributed by atoms with Crippen LogP contribution >= 0.6 is 0 Å². The van der Waals surface area contributed by atoms with Crippen molar-refractivity contribution in [2.24, 2.45) is 35.0 Å². The lowest BCUT2D eigenvalue weighted by Crippen LogP contribution is -2.47. The summed E-state index contributed by atoms with van der Waals surface area (Å²) in [6.07, 6.45) is 10.9. The van der Waals surface area contributed by atoms with Gasteiger partial charge in [-0.05, 0) is 79.6 Å². The van der Waals surface area contributed by atoms with Crippen molar-refractivity contribution in [1.29, 1.82) is 0 Å². The minimum absolute atomic E-state index is 0.0895. The van der Waals surface area contributed by atoms with Crippen LogP contribution in [0.4, 0.5) is 0 Å². The zero-order chi connectivity index (χ0) is 15.5. The van der Waals surface area contributed by atoms with Crippen molar-refractivity contribution >= 4 is 5.78 Å². The highest BCUT2D eigenvalue weighted by molar-refractivity contribution is 5.91. The van der Waals surface area contributed by atoms with Gasteiger partial charge in [-0.1, -0.05) is 25.8 Å². The summed E-state index contributed by atoms with van der Waals surface area (Å²) in [6, 6.07) is 0. The summed E-state index contributed by atoms with van der Waals surface area (Å²) >= 11 is 0. The van der Waals surface area contributed by atoms with Crippen LogP contribution in [0.5, 0.6) is 0 Å². The van der Waals surface area contributed by atoms with Gasteiger partial charge in [0, 0.05) is 6.42 Å². The molecule has 122 valence electrons. The van der Waals surface area contributed by atoms with Gasteiger partial charge in [-0.3, -0.25) is 4.79 Å². The minimum Gasteiger partial charge on any atom is -0.392 e. The third-order valence-electron chi connectivity index (χ3n) is 7.94. The molecule has 6 unspecified atom stereocenters. The molecular weight excluding hydrogens is 272 g/mol. The van der Waals surface area contributed by atoms with Crippen LogP contribution in [0.25, 0.3) is 0 Å². The molecule has 0 heterocycles. The van der Waals surface area contributed by atoms with Gasteiger partial charge in [0.2, 0.25) is 0 Å². The molecule has 0 aromatic carbocycles. The van der Waals surface area contributed by atoms with Gasteiger partial charge in [-0.2, -0.15) is 0 Å². The van der Waals surface area contributed by atoms with E-state index in [-0.39, 0.29) is 11.5 Å². The predicted molar refractivity (Wildman–Crippen MR) is 87.3 cm³/mol. The topological polar surface area (TPSA) is 37.3 Å². The van der Waals surface area contributed by atoms with E-state index in [2.05, 4.69) is 13.8 Å². The van der Waals surface area contributed by atoms with Gasteiger partial charge in [0.1, 0.15) is 0 Å². The summed E-state index contributed by atoms with van der Waals surface area (Å²) in [6.45, 7) is 4.60. The van der Waals surface area contributed by atoms with Crippen LogP contribution in [0.1, 0.15) is 65.2 Å². The van der Waals surface area contributed by atoms with Crippen molar-refractivity contribution in [1.82, 2.24) is 0 Å². The molecule has 0 aromatic rings. The van der Waals surface area contributed by atoms with Crippen molar-refractivity contribution in [3.63, 3.8) is 0 Å². The first-order valence-corrected chi connectivity index (χ1v) is 9.46. The molecule has 0 amide bonds. The molecule has 22 heavy (non-hydrogen) atoms. The molecule has 0 bridgehead atoms. The average molecular weight is 302 g/mol. The van der Waals surface area contributed by atoms with Crippen LogP contribution in [0, 0.1) is 35.0 Å². The molecule has 4 rings (SSSR count). The number of fused-ring (bicyclic) bond motifs is 5. The minimum atomic E-state index is -0.0895. The molecule has 2 nitrogen and oxygen atoms in total. The van der Waals surface area contributed by atoms with Crippen LogP contribution in [0.15, 0.2) is 11.6 Å². The molecule has 0 aromatic heterocycles. The molecule has 0 aliphatic heterocycles. The maximum atomic E-state index is 11.7. The number of allylic oxidation sites excluding steroid dienone is 1. The standard InChI is InChI=1S/C20H30O2/c1-3-12-11-18-17-6-4-13-10-14(21)5-7-15(13)16(17)8-9-20(18,2)19(12)22/h10,12,15-19,22H,3-9,11H2,1-2H3/t12?,15?,16?,17?,18?,19?,20-/m0/s1. The Morgan fingerprint density at radius 1 is 1.23 bits per heavy atom. The van der Waals surface area contributed by atoms with E-state index < -0.39 is 0 Å². The predicted octanol–water partition coefficient (Wildman–Crippen LogP) is 4.13. The molecule has 3 saturated carbocycles. The van der Waals surface area contributed by atoms with Crippen molar-refractivity contribution in [3.05, 3.63) is 11.6 Å². The molecule has 3 fully saturated rings. The van der Waals surface area contributed by atoms with Crippen molar-refractivity contribution in [2.75, 3.05) is 0 Å². The molecule has 4 aliphatic rings. The van der Waals surface area contributed by atoms with Gasteiger partial charge in [0.15, 0.2) is 5.78 Å². The monoisotopic (exact) mass is 302 g/mol. The Morgan fingerprint density at radius 2 is 2.05 bits per heavy atom. The molecule has 1 N–H and O–H groups in total. The number of rotatable bonds is 1. The lowest BCUT2D eigenvalue weighted by atomic mass is 9.52. The Hall–Kier alpha value is -0.630. The second-order valence-corrected chi connectivity index (χ2v) is 8.70. The first-order valence-electron chi connectivity index (χ1n) is 9.46. The molecule has 2 heteroatoms. The molecule has 7 atom stereocenters. The fourth-order valence-corrected chi connectivity index (χ4v) is 6.72. The smallest absolute Gasteiger partial charge is 0.155 e. The van der Waals surface area contributed by atoms with Crippen LogP contribution in [0.3, 0.4) is 0 Å². The number of hydrogen-bond donors (Lipinski definition) is 1. The third-order valence-corrected chi connectivity index (χ3v) is 7.94. The van der Waals surface area contributed by atoms with E-state index in [1.54, 1.807) is 0 Å². The number of aliphatic hydroxyl groups is 1. The summed E-state index contributed by atoms with van der Waals surface area (Å²) in [7, 11) is 0. The van der Waals surface area contributed by atoms with Gasteiger partial charge >= 0.3 is 0 Å². The van der Waals surface area contributed by atoms with Crippen LogP contribution in [-0.4, -0.2) is 17.0 Å². The summed E-state index contributed by atoms with van der Waals surface area (Å²) in [5, 5.41) is 10.8. The van der Waals surface area contributed by atoms with E-state index in [4.69, 9.17) is 0 Å². The highest BCUT2D eigenvalue weighted by atomic mass is 16.3. The Morgan fingerprint density at radius 3 is 2.82 bits per heavy atom. The van der Waals surface area contributed by atoms with Crippen molar-refractivity contribution < 1.29 is 9.90 Å². The van der Waals surface area contributed by atoms with E-state index in [0.29, 0.717) is 23.5 Å². The molecule has 0 spiro atoms. The second-order valence-electron chi connectivity index (χ2n) is 8.70. The van der Waals surface area contributed by atoms with Crippen LogP contribution in [-0.2, 0) is 4.79 Å². The van der Waals surface area contributed by atoms with E-state index in [0.717, 1.165) is 37.5 Å². The number of ketones is 1. The van der Waals surface area contributed by atoms with Crippen molar-refractivity contribution in [2.45, 2.75) is 71.3 Å². The molecule has 0 saturated heterocycles. The lowest BCUT2D eigenvalue weighted by molar-refractivity contribution is -0.116. The Balaban J connectivity index is 1.62. The SMILES string of the molecule is CCC1CC2C3CCC4=CC(=O)CCC4C3CC[C@]2(C)C1O. The number of carbonyl (C=O) groups is 1. The Labute approximate surface area is 134 Å². The Bertz CT molecular complexity index is 508.